The molecule has 2 aliphatic rings. The van der Waals surface area contributed by atoms with E-state index in [2.05, 4.69) is 10.4 Å². The third-order valence-corrected chi connectivity index (χ3v) is 4.59. The highest BCUT2D eigenvalue weighted by atomic mass is 35.5. The second kappa shape index (κ2) is 8.41. The normalized spacial score (nSPS) is 19.2. The van der Waals surface area contributed by atoms with Gasteiger partial charge in [-0.2, -0.15) is 13.2 Å². The first-order valence-corrected chi connectivity index (χ1v) is 9.13. The zero-order valence-electron chi connectivity index (χ0n) is 16.0. The molecule has 1 aromatic carbocycles. The number of nitrogens with two attached hydrogens (primary N) is 1. The molecule has 0 amide bonds. The topological polar surface area (TPSA) is 96.0 Å². The fourth-order valence-electron chi connectivity index (χ4n) is 2.90. The molecule has 0 fully saturated rings. The molecule has 7 nitrogen and oxygen atoms in total. The van der Waals surface area contributed by atoms with Gasteiger partial charge in [0.1, 0.15) is 11.9 Å². The van der Waals surface area contributed by atoms with E-state index in [1.54, 1.807) is 19.1 Å². The van der Waals surface area contributed by atoms with E-state index < -0.39 is 23.2 Å². The number of halogens is 4. The van der Waals surface area contributed by atoms with Crippen LogP contribution in [0.15, 0.2) is 53.0 Å². The Bertz CT molecular complexity index is 985. The van der Waals surface area contributed by atoms with Crippen LogP contribution in [0.25, 0.3) is 5.57 Å². The molecule has 1 aromatic rings. The number of hydrazone groups is 1. The number of alkyl halides is 3. The van der Waals surface area contributed by atoms with E-state index in [1.807, 2.05) is 0 Å². The molecule has 0 radical (unpaired) electrons. The second-order valence-electron chi connectivity index (χ2n) is 6.45. The van der Waals surface area contributed by atoms with Crippen LogP contribution < -0.4 is 15.8 Å². The van der Waals surface area contributed by atoms with Crippen molar-refractivity contribution in [2.75, 3.05) is 13.7 Å². The first-order chi connectivity index (χ1) is 14.1. The van der Waals surface area contributed by atoms with Gasteiger partial charge in [-0.1, -0.05) is 12.2 Å². The summed E-state index contributed by atoms with van der Waals surface area (Å²) in [6.45, 7) is 2.19. The molecule has 2 aliphatic heterocycles. The molecule has 4 N–H and O–H groups in total. The predicted molar refractivity (Wildman–Crippen MR) is 108 cm³/mol. The van der Waals surface area contributed by atoms with Gasteiger partial charge in [-0.15, -0.1) is 5.10 Å². The van der Waals surface area contributed by atoms with Crippen LogP contribution >= 0.6 is 11.6 Å². The van der Waals surface area contributed by atoms with Gasteiger partial charge in [0.2, 0.25) is 11.2 Å². The molecule has 0 saturated carbocycles. The summed E-state index contributed by atoms with van der Waals surface area (Å²) >= 11 is 5.71. The van der Waals surface area contributed by atoms with Crippen molar-refractivity contribution in [3.63, 3.8) is 0 Å². The quantitative estimate of drug-likeness (QED) is 0.378. The third-order valence-electron chi connectivity index (χ3n) is 4.42. The summed E-state index contributed by atoms with van der Waals surface area (Å²) < 4.78 is 51.0. The standard InChI is InChI=1S/C19H19ClF3N5O2/c1-10-8-15(27-28(16(10)24)18(20)25)30-14-9-11(19(21,22)23)5-6-12(14)13-4-3-7-26-17(13)29-2/h3-6,8-9,16,25-26H,7,24H2,1-2H3. The molecular formula is C19H19ClF3N5O2. The van der Waals surface area contributed by atoms with Gasteiger partial charge in [-0.25, -0.2) is 5.01 Å². The number of ether oxygens (including phenoxy) is 2. The van der Waals surface area contributed by atoms with Crippen LogP contribution in [0.2, 0.25) is 0 Å². The molecule has 3 rings (SSSR count). The first-order valence-electron chi connectivity index (χ1n) is 8.75. The van der Waals surface area contributed by atoms with Gasteiger partial charge in [0, 0.05) is 23.8 Å². The van der Waals surface area contributed by atoms with Crippen LogP contribution in [0, 0.1) is 5.41 Å². The maximum atomic E-state index is 13.3. The van der Waals surface area contributed by atoms with Crippen LogP contribution in [0.4, 0.5) is 13.2 Å². The van der Waals surface area contributed by atoms with Gasteiger partial charge in [0.25, 0.3) is 0 Å². The Hall–Kier alpha value is -2.98. The van der Waals surface area contributed by atoms with E-state index >= 15 is 0 Å². The Morgan fingerprint density at radius 1 is 1.40 bits per heavy atom. The summed E-state index contributed by atoms with van der Waals surface area (Å²) in [5, 5.41) is 15.2. The molecule has 30 heavy (non-hydrogen) atoms. The zero-order chi connectivity index (χ0) is 22.1. The summed E-state index contributed by atoms with van der Waals surface area (Å²) in [4.78, 5) is 0. The molecule has 0 aliphatic carbocycles. The highest BCUT2D eigenvalue weighted by molar-refractivity contribution is 6.63. The largest absolute Gasteiger partial charge is 0.482 e. The SMILES string of the molecule is COC1=C(c2ccc(C(F)(F)F)cc2OC2=NN(C(=N)Cl)C(N)C(C)=C2)C=CCN1. The van der Waals surface area contributed by atoms with Gasteiger partial charge in [0.15, 0.2) is 5.88 Å². The average molecular weight is 442 g/mol. The van der Waals surface area contributed by atoms with E-state index in [4.69, 9.17) is 32.2 Å². The summed E-state index contributed by atoms with van der Waals surface area (Å²) in [5.41, 5.74) is 6.48. The van der Waals surface area contributed by atoms with Crippen molar-refractivity contribution in [1.29, 1.82) is 5.41 Å². The molecule has 11 heteroatoms. The molecule has 160 valence electrons. The third kappa shape index (κ3) is 4.44. The lowest BCUT2D eigenvalue weighted by Crippen LogP contribution is -2.44. The predicted octanol–water partition coefficient (Wildman–Crippen LogP) is 3.59. The van der Waals surface area contributed by atoms with E-state index in [9.17, 15) is 13.2 Å². The van der Waals surface area contributed by atoms with Crippen molar-refractivity contribution in [2.24, 2.45) is 10.8 Å². The van der Waals surface area contributed by atoms with E-state index in [0.29, 0.717) is 29.1 Å². The van der Waals surface area contributed by atoms with Crippen LogP contribution in [0.1, 0.15) is 18.1 Å². The van der Waals surface area contributed by atoms with Gasteiger partial charge >= 0.3 is 6.18 Å². The fraction of sp³-hybridized carbons (Fsp3) is 0.263. The second-order valence-corrected chi connectivity index (χ2v) is 6.81. The molecule has 1 atom stereocenters. The van der Waals surface area contributed by atoms with Crippen LogP contribution in [0.3, 0.4) is 0 Å². The number of hydrogen-bond donors (Lipinski definition) is 3. The van der Waals surface area contributed by atoms with Gasteiger partial charge < -0.3 is 20.5 Å². The minimum Gasteiger partial charge on any atom is -0.482 e. The summed E-state index contributed by atoms with van der Waals surface area (Å²) in [6.07, 6.45) is -0.340. The highest BCUT2D eigenvalue weighted by Crippen LogP contribution is 2.37. The summed E-state index contributed by atoms with van der Waals surface area (Å²) in [7, 11) is 1.45. The minimum atomic E-state index is -4.57. The molecule has 1 unspecified atom stereocenters. The van der Waals surface area contributed by atoms with Gasteiger partial charge in [-0.05, 0) is 42.3 Å². The number of nitrogens with zero attached hydrogens (tertiary/aromatic N) is 2. The molecular weight excluding hydrogens is 423 g/mol. The zero-order valence-corrected chi connectivity index (χ0v) is 16.8. The van der Waals surface area contributed by atoms with Crippen LogP contribution in [-0.4, -0.2) is 36.0 Å². The smallest absolute Gasteiger partial charge is 0.416 e. The molecule has 0 saturated heterocycles. The lowest BCUT2D eigenvalue weighted by atomic mass is 10.0. The maximum Gasteiger partial charge on any atom is 0.416 e. The van der Waals surface area contributed by atoms with Crippen molar-refractivity contribution < 1.29 is 22.6 Å². The number of rotatable bonds is 3. The van der Waals surface area contributed by atoms with Gasteiger partial charge in [-0.3, -0.25) is 5.41 Å². The lowest BCUT2D eigenvalue weighted by molar-refractivity contribution is -0.137. The summed E-state index contributed by atoms with van der Waals surface area (Å²) in [5.74, 6) is 0.236. The number of hydrogen-bond acceptors (Lipinski definition) is 6. The number of dihydropyridines is 1. The Balaban J connectivity index is 2.10. The number of amidine groups is 1. The van der Waals surface area contributed by atoms with Crippen molar-refractivity contribution in [3.05, 3.63) is 59.0 Å². The van der Waals surface area contributed by atoms with Crippen LogP contribution in [-0.2, 0) is 10.9 Å². The minimum absolute atomic E-state index is 0.0625. The first kappa shape index (κ1) is 21.7. The number of methoxy groups -OCH3 is 1. The molecule has 0 aromatic heterocycles. The van der Waals surface area contributed by atoms with Crippen molar-refractivity contribution in [2.45, 2.75) is 19.3 Å². The Kier molecular flexibility index (Phi) is 6.09. The highest BCUT2D eigenvalue weighted by Gasteiger charge is 2.32. The van der Waals surface area contributed by atoms with Crippen molar-refractivity contribution in [1.82, 2.24) is 10.3 Å². The Morgan fingerprint density at radius 3 is 2.77 bits per heavy atom. The van der Waals surface area contributed by atoms with Crippen molar-refractivity contribution in [3.8, 4) is 5.75 Å². The molecule has 2 heterocycles. The monoisotopic (exact) mass is 441 g/mol. The average Bonchev–Trinajstić information content (AvgIpc) is 2.69. The molecule has 0 spiro atoms. The Morgan fingerprint density at radius 2 is 2.13 bits per heavy atom. The number of allylic oxidation sites excluding steroid dienone is 2. The number of benzene rings is 1. The summed E-state index contributed by atoms with van der Waals surface area (Å²) in [6, 6.07) is 3.15. The fourth-order valence-corrected chi connectivity index (χ4v) is 3.04. The lowest BCUT2D eigenvalue weighted by Gasteiger charge is -2.28. The van der Waals surface area contributed by atoms with Crippen molar-refractivity contribution >= 4 is 28.4 Å². The van der Waals surface area contributed by atoms with Crippen LogP contribution in [0.5, 0.6) is 5.75 Å². The van der Waals surface area contributed by atoms with E-state index in [1.165, 1.54) is 19.3 Å². The van der Waals surface area contributed by atoms with E-state index in [0.717, 1.165) is 17.1 Å². The maximum absolute atomic E-state index is 13.3. The molecule has 0 bridgehead atoms. The van der Waals surface area contributed by atoms with E-state index in [-0.39, 0.29) is 11.6 Å². The Labute approximate surface area is 175 Å². The number of nitrogens with one attached hydrogen (secondary N) is 2. The van der Waals surface area contributed by atoms with Gasteiger partial charge in [0.05, 0.1) is 12.7 Å².